The molecule has 1 unspecified atom stereocenters. The SMILES string of the molecule is CCCC(=O)OCCCCCCC(Cl)CC. The van der Waals surface area contributed by atoms with E-state index in [1.165, 1.54) is 12.8 Å². The number of halogens is 1. The summed E-state index contributed by atoms with van der Waals surface area (Å²) in [5.41, 5.74) is 0. The fourth-order valence-corrected chi connectivity index (χ4v) is 1.64. The summed E-state index contributed by atoms with van der Waals surface area (Å²) in [6.07, 6.45) is 8.06. The van der Waals surface area contributed by atoms with Crippen LogP contribution in [0.3, 0.4) is 0 Å². The van der Waals surface area contributed by atoms with E-state index in [0.29, 0.717) is 18.4 Å². The molecule has 3 heteroatoms. The van der Waals surface area contributed by atoms with E-state index in [4.69, 9.17) is 16.3 Å². The Labute approximate surface area is 105 Å². The Balaban J connectivity index is 3.12. The van der Waals surface area contributed by atoms with Crippen molar-refractivity contribution in [2.45, 2.75) is 70.6 Å². The van der Waals surface area contributed by atoms with Gasteiger partial charge in [0, 0.05) is 11.8 Å². The lowest BCUT2D eigenvalue weighted by Gasteiger charge is -2.06. The molecule has 0 aliphatic rings. The van der Waals surface area contributed by atoms with Crippen LogP contribution in [0.25, 0.3) is 0 Å². The lowest BCUT2D eigenvalue weighted by Crippen LogP contribution is -2.05. The summed E-state index contributed by atoms with van der Waals surface area (Å²) in [4.78, 5) is 11.0. The third kappa shape index (κ3) is 10.3. The number of esters is 1. The minimum absolute atomic E-state index is 0.0608. The van der Waals surface area contributed by atoms with Gasteiger partial charge in [-0.25, -0.2) is 0 Å². The highest BCUT2D eigenvalue weighted by atomic mass is 35.5. The zero-order chi connectivity index (χ0) is 12.2. The number of ether oxygens (including phenoxy) is 1. The van der Waals surface area contributed by atoms with Crippen molar-refractivity contribution in [3.63, 3.8) is 0 Å². The number of alkyl halides is 1. The van der Waals surface area contributed by atoms with Gasteiger partial charge in [0.15, 0.2) is 0 Å². The molecule has 2 nitrogen and oxygen atoms in total. The fraction of sp³-hybridized carbons (Fsp3) is 0.923. The second-order valence-corrected chi connectivity index (χ2v) is 4.80. The zero-order valence-corrected chi connectivity index (χ0v) is 11.4. The summed E-state index contributed by atoms with van der Waals surface area (Å²) in [6, 6.07) is 0. The predicted molar refractivity (Wildman–Crippen MR) is 68.9 cm³/mol. The van der Waals surface area contributed by atoms with Crippen molar-refractivity contribution >= 4 is 17.6 Å². The van der Waals surface area contributed by atoms with Gasteiger partial charge in [-0.2, -0.15) is 0 Å². The van der Waals surface area contributed by atoms with Gasteiger partial charge in [-0.3, -0.25) is 4.79 Å². The van der Waals surface area contributed by atoms with Crippen LogP contribution in [-0.4, -0.2) is 18.0 Å². The van der Waals surface area contributed by atoms with E-state index in [2.05, 4.69) is 6.92 Å². The fourth-order valence-electron chi connectivity index (χ4n) is 1.49. The van der Waals surface area contributed by atoms with Crippen LogP contribution in [0.15, 0.2) is 0 Å². The maximum Gasteiger partial charge on any atom is 0.305 e. The first kappa shape index (κ1) is 15.8. The number of carbonyl (C=O) groups excluding carboxylic acids is 1. The van der Waals surface area contributed by atoms with Gasteiger partial charge in [0.05, 0.1) is 6.61 Å². The molecule has 0 aromatic carbocycles. The molecule has 0 aromatic heterocycles. The standard InChI is InChI=1S/C13H25ClO2/c1-3-9-13(15)16-11-8-6-5-7-10-12(14)4-2/h12H,3-11H2,1-2H3. The van der Waals surface area contributed by atoms with Crippen LogP contribution in [0.4, 0.5) is 0 Å². The monoisotopic (exact) mass is 248 g/mol. The third-order valence-corrected chi connectivity index (χ3v) is 3.10. The van der Waals surface area contributed by atoms with E-state index in [9.17, 15) is 4.79 Å². The predicted octanol–water partition coefficient (Wildman–Crippen LogP) is 4.30. The number of rotatable bonds is 10. The van der Waals surface area contributed by atoms with Crippen LogP contribution >= 0.6 is 11.6 Å². The van der Waals surface area contributed by atoms with Crippen molar-refractivity contribution in [3.8, 4) is 0 Å². The van der Waals surface area contributed by atoms with E-state index < -0.39 is 0 Å². The molecule has 0 heterocycles. The van der Waals surface area contributed by atoms with Crippen LogP contribution in [0.5, 0.6) is 0 Å². The van der Waals surface area contributed by atoms with Crippen LogP contribution < -0.4 is 0 Å². The van der Waals surface area contributed by atoms with Gasteiger partial charge in [0.25, 0.3) is 0 Å². The molecule has 0 aromatic rings. The molecule has 0 bridgehead atoms. The summed E-state index contributed by atoms with van der Waals surface area (Å²) in [5, 5.41) is 0.336. The largest absolute Gasteiger partial charge is 0.466 e. The lowest BCUT2D eigenvalue weighted by molar-refractivity contribution is -0.143. The quantitative estimate of drug-likeness (QED) is 0.327. The Bertz CT molecular complexity index is 171. The van der Waals surface area contributed by atoms with Crippen LogP contribution in [0.1, 0.15) is 65.2 Å². The summed E-state index contributed by atoms with van der Waals surface area (Å²) in [7, 11) is 0. The van der Waals surface area contributed by atoms with Crippen LogP contribution in [0, 0.1) is 0 Å². The highest BCUT2D eigenvalue weighted by Crippen LogP contribution is 2.12. The summed E-state index contributed by atoms with van der Waals surface area (Å²) < 4.78 is 5.07. The Morgan fingerprint density at radius 1 is 1.19 bits per heavy atom. The van der Waals surface area contributed by atoms with Crippen molar-refractivity contribution in [1.82, 2.24) is 0 Å². The zero-order valence-electron chi connectivity index (χ0n) is 10.6. The molecule has 0 rings (SSSR count). The van der Waals surface area contributed by atoms with Gasteiger partial charge in [-0.1, -0.05) is 33.1 Å². The van der Waals surface area contributed by atoms with Gasteiger partial charge in [0.2, 0.25) is 0 Å². The maximum absolute atomic E-state index is 11.0. The first-order valence-corrected chi connectivity index (χ1v) is 6.94. The second kappa shape index (κ2) is 11.3. The highest BCUT2D eigenvalue weighted by molar-refractivity contribution is 6.20. The molecule has 0 spiro atoms. The number of carbonyl (C=O) groups is 1. The van der Waals surface area contributed by atoms with E-state index >= 15 is 0 Å². The van der Waals surface area contributed by atoms with Gasteiger partial charge in [0.1, 0.15) is 0 Å². The molecule has 0 N–H and O–H groups in total. The molecule has 0 aliphatic heterocycles. The molecule has 0 aliphatic carbocycles. The van der Waals surface area contributed by atoms with Gasteiger partial charge in [-0.15, -0.1) is 11.6 Å². The van der Waals surface area contributed by atoms with Crippen molar-refractivity contribution in [2.75, 3.05) is 6.61 Å². The Hall–Kier alpha value is -0.240. The molecule has 0 saturated heterocycles. The lowest BCUT2D eigenvalue weighted by atomic mass is 10.1. The first-order valence-electron chi connectivity index (χ1n) is 6.50. The smallest absolute Gasteiger partial charge is 0.305 e. The molecule has 1 atom stereocenters. The first-order chi connectivity index (χ1) is 7.70. The van der Waals surface area contributed by atoms with Gasteiger partial charge >= 0.3 is 5.97 Å². The Morgan fingerprint density at radius 2 is 1.88 bits per heavy atom. The molecular formula is C13H25ClO2. The van der Waals surface area contributed by atoms with E-state index in [-0.39, 0.29) is 5.97 Å². The average molecular weight is 249 g/mol. The van der Waals surface area contributed by atoms with Crippen molar-refractivity contribution in [2.24, 2.45) is 0 Å². The molecule has 0 amide bonds. The average Bonchev–Trinajstić information content (AvgIpc) is 2.27. The Morgan fingerprint density at radius 3 is 2.50 bits per heavy atom. The summed E-state index contributed by atoms with van der Waals surface area (Å²) in [5.74, 6) is -0.0608. The van der Waals surface area contributed by atoms with Crippen molar-refractivity contribution in [3.05, 3.63) is 0 Å². The van der Waals surface area contributed by atoms with Crippen LogP contribution in [-0.2, 0) is 9.53 Å². The molecule has 16 heavy (non-hydrogen) atoms. The maximum atomic E-state index is 11.0. The number of unbranched alkanes of at least 4 members (excludes halogenated alkanes) is 3. The minimum Gasteiger partial charge on any atom is -0.466 e. The molecular weight excluding hydrogens is 224 g/mol. The highest BCUT2D eigenvalue weighted by Gasteiger charge is 2.01. The van der Waals surface area contributed by atoms with Crippen LogP contribution in [0.2, 0.25) is 0 Å². The Kier molecular flexibility index (Phi) is 11.1. The molecule has 96 valence electrons. The number of hydrogen-bond acceptors (Lipinski definition) is 2. The van der Waals surface area contributed by atoms with E-state index in [1.807, 2.05) is 6.92 Å². The third-order valence-electron chi connectivity index (χ3n) is 2.57. The summed E-state index contributed by atoms with van der Waals surface area (Å²) >= 11 is 6.01. The molecule has 0 saturated carbocycles. The summed E-state index contributed by atoms with van der Waals surface area (Å²) in [6.45, 7) is 4.68. The minimum atomic E-state index is -0.0608. The second-order valence-electron chi connectivity index (χ2n) is 4.18. The number of hydrogen-bond donors (Lipinski definition) is 0. The van der Waals surface area contributed by atoms with Crippen molar-refractivity contribution in [1.29, 1.82) is 0 Å². The van der Waals surface area contributed by atoms with Crippen molar-refractivity contribution < 1.29 is 9.53 Å². The normalized spacial score (nSPS) is 12.4. The molecule has 0 fully saturated rings. The van der Waals surface area contributed by atoms with Gasteiger partial charge in [-0.05, 0) is 25.7 Å². The van der Waals surface area contributed by atoms with E-state index in [0.717, 1.165) is 32.1 Å². The van der Waals surface area contributed by atoms with E-state index in [1.54, 1.807) is 0 Å². The molecule has 0 radical (unpaired) electrons. The topological polar surface area (TPSA) is 26.3 Å². The van der Waals surface area contributed by atoms with Gasteiger partial charge < -0.3 is 4.74 Å².